The summed E-state index contributed by atoms with van der Waals surface area (Å²) >= 11 is 0. The molecule has 31 heavy (non-hydrogen) atoms. The van der Waals surface area contributed by atoms with E-state index in [1.165, 1.54) is 13.0 Å². The van der Waals surface area contributed by atoms with Crippen LogP contribution in [0, 0.1) is 17.1 Å². The van der Waals surface area contributed by atoms with Crippen molar-refractivity contribution in [1.29, 1.82) is 5.26 Å². The van der Waals surface area contributed by atoms with Gasteiger partial charge in [-0.25, -0.2) is 14.4 Å². The van der Waals surface area contributed by atoms with Crippen LogP contribution in [0.25, 0.3) is 11.0 Å². The number of fused-ring (bicyclic) bond motifs is 1. The first-order valence-corrected chi connectivity index (χ1v) is 9.46. The van der Waals surface area contributed by atoms with Crippen molar-refractivity contribution in [2.24, 2.45) is 7.05 Å². The van der Waals surface area contributed by atoms with Gasteiger partial charge in [0.15, 0.2) is 12.4 Å². The predicted octanol–water partition coefficient (Wildman–Crippen LogP) is 2.81. The number of carbonyl (C=O) groups is 2. The van der Waals surface area contributed by atoms with Gasteiger partial charge in [-0.05, 0) is 24.1 Å². The van der Waals surface area contributed by atoms with Crippen LogP contribution >= 0.6 is 0 Å². The Balaban J connectivity index is 2.07. The fourth-order valence-electron chi connectivity index (χ4n) is 3.19. The van der Waals surface area contributed by atoms with Gasteiger partial charge >= 0.3 is 5.97 Å². The zero-order valence-corrected chi connectivity index (χ0v) is 17.6. The first-order chi connectivity index (χ1) is 14.7. The van der Waals surface area contributed by atoms with Crippen LogP contribution in [-0.4, -0.2) is 40.1 Å². The third kappa shape index (κ3) is 4.45. The number of carbonyl (C=O) groups excluding carboxylic acids is 2. The van der Waals surface area contributed by atoms with E-state index in [2.05, 4.69) is 15.3 Å². The molecular weight excluding hydrogens is 403 g/mol. The second kappa shape index (κ2) is 8.79. The van der Waals surface area contributed by atoms with Gasteiger partial charge in [0, 0.05) is 27.1 Å². The number of nitrogens with zero attached hydrogens (tertiary/aromatic N) is 5. The molecule has 0 aliphatic rings. The first-order valence-electron chi connectivity index (χ1n) is 9.46. The summed E-state index contributed by atoms with van der Waals surface area (Å²) in [6, 6.07) is 6.50. The van der Waals surface area contributed by atoms with Crippen molar-refractivity contribution in [1.82, 2.24) is 14.5 Å². The van der Waals surface area contributed by atoms with Crippen LogP contribution in [0.2, 0.25) is 0 Å². The van der Waals surface area contributed by atoms with Crippen LogP contribution in [0.4, 0.5) is 21.7 Å². The van der Waals surface area contributed by atoms with E-state index in [4.69, 9.17) is 10.00 Å². The molecule has 3 rings (SSSR count). The van der Waals surface area contributed by atoms with Gasteiger partial charge in [-0.15, -0.1) is 0 Å². The number of benzene rings is 1. The Morgan fingerprint density at radius 3 is 2.74 bits per heavy atom. The zero-order valence-electron chi connectivity index (χ0n) is 17.6. The lowest BCUT2D eigenvalue weighted by Crippen LogP contribution is -2.22. The summed E-state index contributed by atoms with van der Waals surface area (Å²) in [5.41, 5.74) is 2.26. The van der Waals surface area contributed by atoms with E-state index in [0.717, 1.165) is 0 Å². The molecule has 0 unspecified atom stereocenters. The van der Waals surface area contributed by atoms with Crippen LogP contribution in [-0.2, 0) is 27.8 Å². The maximum absolute atomic E-state index is 14.9. The van der Waals surface area contributed by atoms with Crippen LogP contribution in [0.3, 0.4) is 0 Å². The molecule has 0 aliphatic carbocycles. The van der Waals surface area contributed by atoms with Crippen LogP contribution in [0.15, 0.2) is 24.5 Å². The van der Waals surface area contributed by atoms with E-state index < -0.39 is 24.3 Å². The Bertz CT molecular complexity index is 1210. The Hall–Kier alpha value is -4.00. The number of hydrogen-bond donors (Lipinski definition) is 1. The van der Waals surface area contributed by atoms with E-state index in [-0.39, 0.29) is 17.1 Å². The number of halogens is 1. The van der Waals surface area contributed by atoms with Crippen LogP contribution in [0.5, 0.6) is 0 Å². The average molecular weight is 424 g/mol. The number of nitriles is 1. The Morgan fingerprint density at radius 2 is 2.10 bits per heavy atom. The van der Waals surface area contributed by atoms with Gasteiger partial charge < -0.3 is 19.5 Å². The van der Waals surface area contributed by atoms with E-state index in [0.29, 0.717) is 28.8 Å². The largest absolute Gasteiger partial charge is 0.456 e. The molecule has 1 amide bonds. The number of aromatic nitrogens is 3. The molecule has 1 N–H and O–H groups in total. The molecule has 0 saturated heterocycles. The van der Waals surface area contributed by atoms with Gasteiger partial charge in [0.25, 0.3) is 5.91 Å². The molecule has 0 aliphatic heterocycles. The number of ether oxygens (including phenoxy) is 1. The van der Waals surface area contributed by atoms with E-state index >= 15 is 0 Å². The lowest BCUT2D eigenvalue weighted by Gasteiger charge is -2.23. The molecule has 2 heterocycles. The van der Waals surface area contributed by atoms with Crippen molar-refractivity contribution >= 4 is 40.2 Å². The summed E-state index contributed by atoms with van der Waals surface area (Å²) in [6.07, 6.45) is 2.07. The van der Waals surface area contributed by atoms with Crippen molar-refractivity contribution in [2.75, 3.05) is 23.9 Å². The highest BCUT2D eigenvalue weighted by molar-refractivity contribution is 6.00. The molecule has 3 aromatic rings. The smallest absolute Gasteiger partial charge is 0.303 e. The van der Waals surface area contributed by atoms with Crippen LogP contribution in [0.1, 0.15) is 25.0 Å². The molecule has 9 nitrogen and oxygen atoms in total. The van der Waals surface area contributed by atoms with E-state index in [9.17, 15) is 14.0 Å². The first kappa shape index (κ1) is 21.7. The minimum atomic E-state index is -0.581. The third-order valence-corrected chi connectivity index (χ3v) is 4.69. The maximum Gasteiger partial charge on any atom is 0.303 e. The van der Waals surface area contributed by atoms with Gasteiger partial charge in [-0.1, -0.05) is 6.92 Å². The average Bonchev–Trinajstić information content (AvgIpc) is 3.12. The van der Waals surface area contributed by atoms with Gasteiger partial charge in [0.1, 0.15) is 17.2 Å². The van der Waals surface area contributed by atoms with Gasteiger partial charge in [0.2, 0.25) is 0 Å². The predicted molar refractivity (Wildman–Crippen MR) is 112 cm³/mol. The maximum atomic E-state index is 14.9. The van der Waals surface area contributed by atoms with E-state index in [1.54, 1.807) is 42.0 Å². The lowest BCUT2D eigenvalue weighted by atomic mass is 10.1. The Morgan fingerprint density at radius 1 is 1.35 bits per heavy atom. The monoisotopic (exact) mass is 424 g/mol. The molecule has 2 aromatic heterocycles. The molecule has 0 saturated carbocycles. The quantitative estimate of drug-likeness (QED) is 0.605. The molecule has 160 valence electrons. The highest BCUT2D eigenvalue weighted by Gasteiger charge is 2.20. The standard InChI is InChI=1S/C21H21FN6O3/c1-5-14-6-13(9-23)7-15(22)20(14)28(4)17-8-16-19(24-11-27(16)3)21(25-17)26-18(30)10-31-12(2)29/h6-8,11H,5,10H2,1-4H3,(H,25,26,30). The topological polar surface area (TPSA) is 113 Å². The molecule has 10 heteroatoms. The second-order valence-corrected chi connectivity index (χ2v) is 6.87. The van der Waals surface area contributed by atoms with Crippen molar-refractivity contribution in [3.63, 3.8) is 0 Å². The molecule has 0 fully saturated rings. The fraction of sp³-hybridized carbons (Fsp3) is 0.286. The number of amides is 1. The summed E-state index contributed by atoms with van der Waals surface area (Å²) < 4.78 is 21.3. The minimum absolute atomic E-state index is 0.157. The molecular formula is C21H21FN6O3. The van der Waals surface area contributed by atoms with Gasteiger partial charge in [-0.2, -0.15) is 5.26 Å². The lowest BCUT2D eigenvalue weighted by molar-refractivity contribution is -0.144. The number of aryl methyl sites for hydroxylation is 2. The van der Waals surface area contributed by atoms with E-state index in [1.807, 2.05) is 13.0 Å². The van der Waals surface area contributed by atoms with Crippen LogP contribution < -0.4 is 10.2 Å². The number of hydrogen-bond acceptors (Lipinski definition) is 7. The number of rotatable bonds is 6. The van der Waals surface area contributed by atoms with Gasteiger partial charge in [0.05, 0.1) is 29.2 Å². The fourth-order valence-corrected chi connectivity index (χ4v) is 3.19. The van der Waals surface area contributed by atoms with Crippen molar-refractivity contribution in [2.45, 2.75) is 20.3 Å². The summed E-state index contributed by atoms with van der Waals surface area (Å²) in [5.74, 6) is -1.19. The highest BCUT2D eigenvalue weighted by atomic mass is 19.1. The van der Waals surface area contributed by atoms with Crippen molar-refractivity contribution < 1.29 is 18.7 Å². The summed E-state index contributed by atoms with van der Waals surface area (Å²) in [4.78, 5) is 33.4. The normalized spacial score (nSPS) is 10.6. The molecule has 0 spiro atoms. The number of esters is 1. The molecule has 0 bridgehead atoms. The molecule has 0 radical (unpaired) electrons. The minimum Gasteiger partial charge on any atom is -0.456 e. The number of nitrogens with one attached hydrogen (secondary N) is 1. The summed E-state index contributed by atoms with van der Waals surface area (Å²) in [7, 11) is 3.43. The summed E-state index contributed by atoms with van der Waals surface area (Å²) in [5, 5.41) is 11.7. The van der Waals surface area contributed by atoms with Crippen molar-refractivity contribution in [3.05, 3.63) is 41.5 Å². The number of imidazole rings is 1. The molecule has 0 atom stereocenters. The zero-order chi connectivity index (χ0) is 22.7. The van der Waals surface area contributed by atoms with Gasteiger partial charge in [-0.3, -0.25) is 9.59 Å². The SMILES string of the molecule is CCc1cc(C#N)cc(F)c1N(C)c1cc2c(ncn2C)c(NC(=O)COC(C)=O)n1. The highest BCUT2D eigenvalue weighted by Crippen LogP contribution is 2.33. The van der Waals surface area contributed by atoms with Crippen molar-refractivity contribution in [3.8, 4) is 6.07 Å². The second-order valence-electron chi connectivity index (χ2n) is 6.87. The Labute approximate surface area is 178 Å². The number of pyridine rings is 1. The summed E-state index contributed by atoms with van der Waals surface area (Å²) in [6.45, 7) is 2.61. The Kier molecular flexibility index (Phi) is 6.15. The number of anilines is 3. The third-order valence-electron chi connectivity index (χ3n) is 4.69. The molecule has 1 aromatic carbocycles.